The highest BCUT2D eigenvalue weighted by molar-refractivity contribution is 7.14. The van der Waals surface area contributed by atoms with Gasteiger partial charge >= 0.3 is 5.97 Å². The van der Waals surface area contributed by atoms with Gasteiger partial charge in [0.1, 0.15) is 12.6 Å². The summed E-state index contributed by atoms with van der Waals surface area (Å²) in [6.45, 7) is 5.20. The molecule has 5 rings (SSSR count). The Bertz CT molecular complexity index is 1360. The lowest BCUT2D eigenvalue weighted by Gasteiger charge is -2.29. The fourth-order valence-corrected chi connectivity index (χ4v) is 6.13. The zero-order valence-electron chi connectivity index (χ0n) is 22.2. The van der Waals surface area contributed by atoms with Crippen molar-refractivity contribution in [3.05, 3.63) is 64.3 Å². The molecule has 1 saturated heterocycles. The monoisotopic (exact) mass is 567 g/mol. The first kappa shape index (κ1) is 27.8. The second-order valence-electron chi connectivity index (χ2n) is 11.0. The third-order valence-electron chi connectivity index (χ3n) is 7.80. The van der Waals surface area contributed by atoms with Crippen molar-refractivity contribution in [2.45, 2.75) is 57.1 Å². The molecular formula is C30H34ClN3O4S. The number of likely N-dealkylation sites (tertiary alicyclic amines) is 1. The molecule has 3 heterocycles. The topological polar surface area (TPSA) is 106 Å². The van der Waals surface area contributed by atoms with Crippen molar-refractivity contribution in [3.63, 3.8) is 0 Å². The smallest absolute Gasteiger partial charge is 0.323 e. The Morgan fingerprint density at radius 1 is 1.18 bits per heavy atom. The molecule has 7 nitrogen and oxygen atoms in total. The van der Waals surface area contributed by atoms with Crippen molar-refractivity contribution in [2.24, 2.45) is 11.7 Å². The number of halogens is 1. The molecule has 1 aromatic carbocycles. The van der Waals surface area contributed by atoms with Crippen LogP contribution in [0.2, 0.25) is 5.02 Å². The second-order valence-corrected chi connectivity index (χ2v) is 12.3. The van der Waals surface area contributed by atoms with E-state index in [1.54, 1.807) is 28.5 Å². The Balaban J connectivity index is 1.29. The number of aliphatic hydroxyl groups is 1. The van der Waals surface area contributed by atoms with Gasteiger partial charge in [-0.1, -0.05) is 31.5 Å². The number of thiophene rings is 1. The number of esters is 1. The summed E-state index contributed by atoms with van der Waals surface area (Å²) in [5, 5.41) is 12.3. The van der Waals surface area contributed by atoms with Gasteiger partial charge in [-0.15, -0.1) is 11.3 Å². The average molecular weight is 568 g/mol. The van der Waals surface area contributed by atoms with Gasteiger partial charge in [0.15, 0.2) is 0 Å². The average Bonchev–Trinajstić information content (AvgIpc) is 3.58. The molecule has 1 atom stereocenters. The summed E-state index contributed by atoms with van der Waals surface area (Å²) in [7, 11) is 0. The van der Waals surface area contributed by atoms with Gasteiger partial charge in [0, 0.05) is 40.7 Å². The number of aliphatic hydroxyl groups excluding tert-OH is 1. The molecule has 3 aromatic rings. The molecule has 1 saturated carbocycles. The Hall–Kier alpha value is -2.78. The van der Waals surface area contributed by atoms with Gasteiger partial charge in [-0.25, -0.2) is 0 Å². The van der Waals surface area contributed by atoms with Gasteiger partial charge in [0.2, 0.25) is 0 Å². The van der Waals surface area contributed by atoms with Crippen molar-refractivity contribution in [3.8, 4) is 21.6 Å². The van der Waals surface area contributed by atoms with E-state index in [1.165, 1.54) is 0 Å². The molecule has 0 spiro atoms. The maximum Gasteiger partial charge on any atom is 0.323 e. The number of carbonyl (C=O) groups excluding carboxylic acids is 2. The number of rotatable bonds is 8. The predicted molar refractivity (Wildman–Crippen MR) is 154 cm³/mol. The minimum atomic E-state index is -0.623. The third kappa shape index (κ3) is 6.04. The normalized spacial score (nSPS) is 17.7. The van der Waals surface area contributed by atoms with Gasteiger partial charge in [-0.3, -0.25) is 14.6 Å². The van der Waals surface area contributed by atoms with Gasteiger partial charge in [0.05, 0.1) is 16.8 Å². The first-order valence-corrected chi connectivity index (χ1v) is 14.7. The number of piperidine rings is 1. The fourth-order valence-electron chi connectivity index (χ4n) is 4.83. The number of hydrogen-bond donors (Lipinski definition) is 2. The van der Waals surface area contributed by atoms with E-state index in [-0.39, 0.29) is 35.9 Å². The Labute approximate surface area is 238 Å². The second kappa shape index (κ2) is 11.4. The lowest BCUT2D eigenvalue weighted by molar-refractivity contribution is -0.147. The van der Waals surface area contributed by atoms with Crippen molar-refractivity contribution in [1.82, 2.24) is 9.88 Å². The van der Waals surface area contributed by atoms with Crippen LogP contribution in [0.4, 0.5) is 0 Å². The molecule has 1 amide bonds. The van der Waals surface area contributed by atoms with Gasteiger partial charge in [0.25, 0.3) is 5.91 Å². The highest BCUT2D eigenvalue weighted by Gasteiger charge is 2.47. The molecule has 1 unspecified atom stereocenters. The molecule has 0 bridgehead atoms. The Morgan fingerprint density at radius 3 is 2.59 bits per heavy atom. The number of nitrogens with two attached hydrogens (primary N) is 1. The maximum absolute atomic E-state index is 12.9. The van der Waals surface area contributed by atoms with Crippen LogP contribution in [0, 0.1) is 5.92 Å². The molecule has 0 radical (unpaired) electrons. The minimum absolute atomic E-state index is 0.0248. The van der Waals surface area contributed by atoms with Crippen molar-refractivity contribution in [1.29, 1.82) is 0 Å². The zero-order chi connectivity index (χ0) is 27.7. The number of nitrogens with zero attached hydrogens (tertiary/aromatic N) is 2. The van der Waals surface area contributed by atoms with Gasteiger partial charge in [-0.05, 0) is 78.4 Å². The molecule has 2 fully saturated rings. The van der Waals surface area contributed by atoms with Crippen LogP contribution in [-0.4, -0.2) is 58.7 Å². The first-order chi connectivity index (χ1) is 18.7. The van der Waals surface area contributed by atoms with Crippen molar-refractivity contribution in [2.75, 3.05) is 19.7 Å². The lowest BCUT2D eigenvalue weighted by Crippen LogP contribution is -2.40. The summed E-state index contributed by atoms with van der Waals surface area (Å²) in [6.07, 6.45) is 4.51. The Kier molecular flexibility index (Phi) is 8.10. The largest absolute Gasteiger partial charge is 0.464 e. The van der Waals surface area contributed by atoms with E-state index in [4.69, 9.17) is 22.1 Å². The summed E-state index contributed by atoms with van der Waals surface area (Å²) in [5.41, 5.74) is 10.1. The fraction of sp³-hybridized carbons (Fsp3) is 0.433. The Morgan fingerprint density at radius 2 is 1.92 bits per heavy atom. The highest BCUT2D eigenvalue weighted by Crippen LogP contribution is 2.48. The quantitative estimate of drug-likeness (QED) is 0.358. The number of aromatic nitrogens is 1. The zero-order valence-corrected chi connectivity index (χ0v) is 23.8. The number of benzene rings is 1. The minimum Gasteiger partial charge on any atom is -0.464 e. The van der Waals surface area contributed by atoms with E-state index in [1.807, 2.05) is 32.0 Å². The first-order valence-electron chi connectivity index (χ1n) is 13.4. The molecule has 206 valence electrons. The lowest BCUT2D eigenvalue weighted by atomic mass is 9.99. The van der Waals surface area contributed by atoms with E-state index >= 15 is 0 Å². The molecule has 2 aliphatic rings. The van der Waals surface area contributed by atoms with Crippen LogP contribution in [-0.2, 0) is 14.9 Å². The molecule has 3 N–H and O–H groups in total. The summed E-state index contributed by atoms with van der Waals surface area (Å²) in [5.74, 6) is -0.400. The van der Waals surface area contributed by atoms with Crippen LogP contribution in [0.3, 0.4) is 0 Å². The van der Waals surface area contributed by atoms with Crippen LogP contribution < -0.4 is 5.73 Å². The molecular weight excluding hydrogens is 534 g/mol. The molecule has 39 heavy (non-hydrogen) atoms. The summed E-state index contributed by atoms with van der Waals surface area (Å²) in [4.78, 5) is 32.6. The molecule has 2 aromatic heterocycles. The standard InChI is InChI=1S/C30H34ClN3O4S/c1-18(2)27(32)29(37)38-17-30(8-9-30)26-15-19(5-10-33-26)21-14-25(39-16-21)23-4-3-20(13-24(23)31)28(36)34-11-6-22(35)7-12-34/h3-5,10,13-16,18,22,27,35H,6-9,11-12,17,32H2,1-2H3. The number of carbonyl (C=O) groups is 2. The molecule has 1 aliphatic heterocycles. The number of hydrogen-bond acceptors (Lipinski definition) is 7. The summed E-state index contributed by atoms with van der Waals surface area (Å²) < 4.78 is 5.58. The van der Waals surface area contributed by atoms with E-state index in [0.717, 1.165) is 40.1 Å². The summed E-state index contributed by atoms with van der Waals surface area (Å²) in [6, 6.07) is 11.0. The van der Waals surface area contributed by atoms with Crippen molar-refractivity contribution < 1.29 is 19.4 Å². The van der Waals surface area contributed by atoms with E-state index in [0.29, 0.717) is 36.5 Å². The number of pyridine rings is 1. The molecule has 9 heteroatoms. The van der Waals surface area contributed by atoms with E-state index in [9.17, 15) is 14.7 Å². The van der Waals surface area contributed by atoms with Crippen molar-refractivity contribution >= 4 is 34.8 Å². The van der Waals surface area contributed by atoms with Crippen LogP contribution >= 0.6 is 22.9 Å². The number of amides is 1. The third-order valence-corrected chi connectivity index (χ3v) is 9.08. The highest BCUT2D eigenvalue weighted by atomic mass is 35.5. The van der Waals surface area contributed by atoms with Crippen LogP contribution in [0.25, 0.3) is 21.6 Å². The summed E-state index contributed by atoms with van der Waals surface area (Å²) >= 11 is 8.25. The van der Waals surface area contributed by atoms with Crippen LogP contribution in [0.5, 0.6) is 0 Å². The predicted octanol–water partition coefficient (Wildman–Crippen LogP) is 5.29. The van der Waals surface area contributed by atoms with Gasteiger partial charge < -0.3 is 20.5 Å². The van der Waals surface area contributed by atoms with Gasteiger partial charge in [-0.2, -0.15) is 0 Å². The maximum atomic E-state index is 12.9. The van der Waals surface area contributed by atoms with E-state index in [2.05, 4.69) is 22.5 Å². The SMILES string of the molecule is CC(C)C(N)C(=O)OCC1(c2cc(-c3csc(-c4ccc(C(=O)N5CCC(O)CC5)cc4Cl)c3)ccn2)CC1. The van der Waals surface area contributed by atoms with Crippen LogP contribution in [0.1, 0.15) is 55.6 Å². The van der Waals surface area contributed by atoms with E-state index < -0.39 is 6.04 Å². The van der Waals surface area contributed by atoms with Crippen LogP contribution in [0.15, 0.2) is 48.0 Å². The molecule has 1 aliphatic carbocycles. The number of ether oxygens (including phenoxy) is 1.